The number of ether oxygens (including phenoxy) is 1. The highest BCUT2D eigenvalue weighted by Gasteiger charge is 2.44. The summed E-state index contributed by atoms with van der Waals surface area (Å²) in [6.45, 7) is 4.44. The van der Waals surface area contributed by atoms with Gasteiger partial charge < -0.3 is 24.9 Å². The van der Waals surface area contributed by atoms with Gasteiger partial charge in [0.25, 0.3) is 0 Å². The van der Waals surface area contributed by atoms with Crippen LogP contribution in [0.3, 0.4) is 0 Å². The number of nitrogens with one attached hydrogen (secondary N) is 3. The molecule has 3 amide bonds. The van der Waals surface area contributed by atoms with Gasteiger partial charge in [0.2, 0.25) is 11.8 Å². The molecule has 2 aromatic carbocycles. The van der Waals surface area contributed by atoms with E-state index in [-0.39, 0.29) is 29.7 Å². The molecular weight excluding hydrogens is 693 g/mol. The quantitative estimate of drug-likeness (QED) is 0.140. The Labute approximate surface area is 322 Å². The van der Waals surface area contributed by atoms with Crippen LogP contribution in [0.15, 0.2) is 91.6 Å². The normalized spacial score (nSPS) is 20.5. The summed E-state index contributed by atoms with van der Waals surface area (Å²) in [5.41, 5.74) is 6.25. The second-order valence-corrected chi connectivity index (χ2v) is 15.2. The molecule has 4 heterocycles. The van der Waals surface area contributed by atoms with Crippen molar-refractivity contribution in [2.24, 2.45) is 23.7 Å². The number of anilines is 1. The number of rotatable bonds is 9. The number of hydrogen-bond acceptors (Lipinski definition) is 7. The SMILES string of the molecule is CN(C(=O)C1CC2CCC1C2)c1ccccn1.COC(=O)NC(C(=O)N1CCCC1c1ncc(-c2ccc(-c3ccc(-c4cnc[nH]4)cc3)cc2)[nH]1)C(C)C. The molecule has 3 aromatic heterocycles. The fourth-order valence-electron chi connectivity index (χ4n) is 8.40. The molecule has 3 N–H and O–H groups in total. The van der Waals surface area contributed by atoms with Crippen molar-refractivity contribution in [3.8, 4) is 33.6 Å². The Kier molecular flexibility index (Phi) is 11.4. The number of pyridine rings is 1. The highest BCUT2D eigenvalue weighted by molar-refractivity contribution is 5.94. The van der Waals surface area contributed by atoms with Crippen molar-refractivity contribution in [3.05, 3.63) is 97.5 Å². The third-order valence-electron chi connectivity index (χ3n) is 11.4. The van der Waals surface area contributed by atoms with E-state index in [0.29, 0.717) is 12.5 Å². The number of nitrogens with zero attached hydrogens (tertiary/aromatic N) is 5. The highest BCUT2D eigenvalue weighted by Crippen LogP contribution is 2.49. The average Bonchev–Trinajstić information content (AvgIpc) is 4.09. The third kappa shape index (κ3) is 8.33. The molecular formula is C43H50N8O4. The van der Waals surface area contributed by atoms with E-state index >= 15 is 0 Å². The fourth-order valence-corrected chi connectivity index (χ4v) is 8.40. The van der Waals surface area contributed by atoms with Gasteiger partial charge in [-0.3, -0.25) is 14.5 Å². The fraction of sp³-hybridized carbons (Fsp3) is 0.395. The second-order valence-electron chi connectivity index (χ2n) is 15.2. The molecule has 12 heteroatoms. The Hall–Kier alpha value is -5.78. The lowest BCUT2D eigenvalue weighted by molar-refractivity contribution is -0.135. The van der Waals surface area contributed by atoms with Crippen LogP contribution < -0.4 is 10.2 Å². The first-order valence-electron chi connectivity index (χ1n) is 19.3. The number of carbonyl (C=O) groups excluding carboxylic acids is 3. The Morgan fingerprint density at radius 3 is 2.16 bits per heavy atom. The number of carbonyl (C=O) groups is 3. The zero-order valence-corrected chi connectivity index (χ0v) is 31.9. The standard InChI is InChI=1S/C29H32N6O3.C14H18N2O/c1-18(2)26(34-29(37)38-3)28(36)35-14-4-5-25(35)27-31-16-24(33-27)22-12-8-20(9-13-22)19-6-10-21(11-7-19)23-15-30-17-32-23;1-16(13-4-2-3-7-15-13)14(17)12-9-10-5-6-11(12)8-10/h6-13,15-18,25-26H,4-5,14H2,1-3H3,(H,30,32)(H,31,33)(H,34,37);2-4,7,10-12H,5-6,8-9H2,1H3. The maximum Gasteiger partial charge on any atom is 0.407 e. The Balaban J connectivity index is 0.000000227. The van der Waals surface area contributed by atoms with Crippen LogP contribution in [0.1, 0.15) is 64.2 Å². The van der Waals surface area contributed by atoms with Crippen LogP contribution >= 0.6 is 0 Å². The van der Waals surface area contributed by atoms with Crippen LogP contribution in [-0.2, 0) is 14.3 Å². The number of methoxy groups -OCH3 is 1. The first-order valence-corrected chi connectivity index (χ1v) is 19.3. The van der Waals surface area contributed by atoms with E-state index in [0.717, 1.165) is 70.5 Å². The molecule has 55 heavy (non-hydrogen) atoms. The summed E-state index contributed by atoms with van der Waals surface area (Å²) in [5.74, 6) is 3.29. The molecule has 3 aliphatic rings. The molecule has 2 saturated carbocycles. The molecule has 5 atom stereocenters. The van der Waals surface area contributed by atoms with E-state index in [4.69, 9.17) is 4.74 Å². The number of hydrogen-bond donors (Lipinski definition) is 3. The second kappa shape index (κ2) is 16.7. The van der Waals surface area contributed by atoms with Crippen LogP contribution in [0.2, 0.25) is 0 Å². The van der Waals surface area contributed by atoms with Gasteiger partial charge in [-0.25, -0.2) is 19.7 Å². The van der Waals surface area contributed by atoms with Crippen molar-refractivity contribution in [3.63, 3.8) is 0 Å². The number of fused-ring (bicyclic) bond motifs is 2. The first kappa shape index (κ1) is 37.5. The van der Waals surface area contributed by atoms with Crippen LogP contribution in [-0.4, -0.2) is 74.5 Å². The van der Waals surface area contributed by atoms with Crippen molar-refractivity contribution in [2.75, 3.05) is 25.6 Å². The van der Waals surface area contributed by atoms with Gasteiger partial charge in [0, 0.05) is 25.7 Å². The molecule has 5 aromatic rings. The minimum Gasteiger partial charge on any atom is -0.453 e. The van der Waals surface area contributed by atoms with E-state index in [1.54, 1.807) is 17.4 Å². The van der Waals surface area contributed by atoms with Gasteiger partial charge in [-0.15, -0.1) is 0 Å². The van der Waals surface area contributed by atoms with E-state index in [2.05, 4.69) is 78.8 Å². The molecule has 8 rings (SSSR count). The number of aromatic nitrogens is 5. The number of imidazole rings is 2. The van der Waals surface area contributed by atoms with Crippen LogP contribution in [0, 0.1) is 23.7 Å². The average molecular weight is 743 g/mol. The van der Waals surface area contributed by atoms with Crippen molar-refractivity contribution in [1.82, 2.24) is 35.1 Å². The molecule has 12 nitrogen and oxygen atoms in total. The van der Waals surface area contributed by atoms with Crippen molar-refractivity contribution >= 4 is 23.7 Å². The van der Waals surface area contributed by atoms with E-state index in [1.165, 1.54) is 26.4 Å². The molecule has 0 spiro atoms. The topological polar surface area (TPSA) is 149 Å². The third-order valence-corrected chi connectivity index (χ3v) is 11.4. The maximum atomic E-state index is 13.4. The van der Waals surface area contributed by atoms with E-state index in [9.17, 15) is 14.4 Å². The molecule has 286 valence electrons. The number of likely N-dealkylation sites (tertiary alicyclic amines) is 1. The van der Waals surface area contributed by atoms with Gasteiger partial charge in [0.1, 0.15) is 17.7 Å². The molecule has 3 fully saturated rings. The van der Waals surface area contributed by atoms with Gasteiger partial charge in [-0.1, -0.05) is 74.9 Å². The van der Waals surface area contributed by atoms with Crippen LogP contribution in [0.5, 0.6) is 0 Å². The van der Waals surface area contributed by atoms with Gasteiger partial charge in [0.15, 0.2) is 0 Å². The van der Waals surface area contributed by atoms with Gasteiger partial charge in [-0.05, 0) is 84.2 Å². The minimum absolute atomic E-state index is 0.0739. The van der Waals surface area contributed by atoms with Crippen molar-refractivity contribution in [2.45, 2.75) is 64.5 Å². The summed E-state index contributed by atoms with van der Waals surface area (Å²) >= 11 is 0. The Bertz CT molecular complexity index is 2050. The van der Waals surface area contributed by atoms with Gasteiger partial charge >= 0.3 is 6.09 Å². The summed E-state index contributed by atoms with van der Waals surface area (Å²) < 4.78 is 4.72. The maximum absolute atomic E-state index is 13.4. The Morgan fingerprint density at radius 1 is 0.873 bits per heavy atom. The molecule has 0 radical (unpaired) electrons. The predicted molar refractivity (Wildman–Crippen MR) is 211 cm³/mol. The summed E-state index contributed by atoms with van der Waals surface area (Å²) in [6.07, 6.45) is 13.1. The van der Waals surface area contributed by atoms with E-state index < -0.39 is 12.1 Å². The van der Waals surface area contributed by atoms with Crippen LogP contribution in [0.25, 0.3) is 33.6 Å². The summed E-state index contributed by atoms with van der Waals surface area (Å²) in [5, 5.41) is 2.69. The lowest BCUT2D eigenvalue weighted by Crippen LogP contribution is -2.51. The molecule has 1 aliphatic heterocycles. The monoisotopic (exact) mass is 742 g/mol. The molecule has 2 bridgehead atoms. The number of benzene rings is 2. The number of amides is 3. The zero-order chi connectivity index (χ0) is 38.5. The number of H-pyrrole nitrogens is 2. The molecule has 5 unspecified atom stereocenters. The smallest absolute Gasteiger partial charge is 0.407 e. The van der Waals surface area contributed by atoms with Gasteiger partial charge in [-0.2, -0.15) is 0 Å². The summed E-state index contributed by atoms with van der Waals surface area (Å²) in [6, 6.07) is 21.6. The number of alkyl carbamates (subject to hydrolysis) is 1. The zero-order valence-electron chi connectivity index (χ0n) is 31.9. The van der Waals surface area contributed by atoms with E-state index in [1.807, 2.05) is 56.4 Å². The molecule has 2 aliphatic carbocycles. The van der Waals surface area contributed by atoms with Crippen LogP contribution in [0.4, 0.5) is 10.6 Å². The minimum atomic E-state index is -0.654. The number of aromatic amines is 2. The summed E-state index contributed by atoms with van der Waals surface area (Å²) in [7, 11) is 3.14. The highest BCUT2D eigenvalue weighted by atomic mass is 16.5. The summed E-state index contributed by atoms with van der Waals surface area (Å²) in [4.78, 5) is 60.7. The largest absolute Gasteiger partial charge is 0.453 e. The van der Waals surface area contributed by atoms with Gasteiger partial charge in [0.05, 0.1) is 43.3 Å². The van der Waals surface area contributed by atoms with Crippen molar-refractivity contribution in [1.29, 1.82) is 0 Å². The van der Waals surface area contributed by atoms with Crippen molar-refractivity contribution < 1.29 is 19.1 Å². The molecule has 1 saturated heterocycles. The lowest BCUT2D eigenvalue weighted by Gasteiger charge is -2.30. The Morgan fingerprint density at radius 2 is 1.58 bits per heavy atom. The lowest BCUT2D eigenvalue weighted by atomic mass is 9.88. The predicted octanol–water partition coefficient (Wildman–Crippen LogP) is 7.66. The first-order chi connectivity index (χ1) is 26.7.